The Hall–Kier alpha value is -1.60. The molecule has 1 aliphatic rings. The topological polar surface area (TPSA) is 26.0 Å². The monoisotopic (exact) mass is 279 g/mol. The highest BCUT2D eigenvalue weighted by Gasteiger charge is 2.28. The fraction of sp³-hybridized carbons (Fsp3) is 0.400. The number of nitrogens with two attached hydrogens (primary N) is 1. The summed E-state index contributed by atoms with van der Waals surface area (Å²) < 4.78 is 0. The standard InChI is InChI=1S/C20H25N/c1-14(2)12-15-6-5-8-17(13-15)20(21)19-11-10-16-7-3-4-9-18(16)19/h3-9,13-14,19-20H,10-12,21H2,1-2H3. The molecule has 0 aliphatic heterocycles. The molecule has 0 saturated carbocycles. The first kappa shape index (κ1) is 14.3. The molecule has 2 unspecified atom stereocenters. The van der Waals surface area contributed by atoms with Crippen molar-refractivity contribution in [2.24, 2.45) is 11.7 Å². The molecule has 0 amide bonds. The van der Waals surface area contributed by atoms with Gasteiger partial charge in [-0.15, -0.1) is 0 Å². The van der Waals surface area contributed by atoms with Crippen molar-refractivity contribution in [3.63, 3.8) is 0 Å². The third-order valence-corrected chi connectivity index (χ3v) is 4.59. The van der Waals surface area contributed by atoms with Gasteiger partial charge in [-0.05, 0) is 47.4 Å². The molecule has 2 N–H and O–H groups in total. The zero-order chi connectivity index (χ0) is 14.8. The van der Waals surface area contributed by atoms with Crippen LogP contribution < -0.4 is 5.73 Å². The zero-order valence-corrected chi connectivity index (χ0v) is 13.0. The highest BCUT2D eigenvalue weighted by atomic mass is 14.7. The third-order valence-electron chi connectivity index (χ3n) is 4.59. The lowest BCUT2D eigenvalue weighted by molar-refractivity contribution is 0.549. The smallest absolute Gasteiger partial charge is 0.0364 e. The van der Waals surface area contributed by atoms with Crippen molar-refractivity contribution in [1.29, 1.82) is 0 Å². The van der Waals surface area contributed by atoms with E-state index in [1.807, 2.05) is 0 Å². The molecule has 1 aliphatic carbocycles. The number of fused-ring (bicyclic) bond motifs is 1. The number of hydrogen-bond donors (Lipinski definition) is 1. The fourth-order valence-electron chi connectivity index (χ4n) is 3.59. The molecular formula is C20H25N. The van der Waals surface area contributed by atoms with Gasteiger partial charge in [0.15, 0.2) is 0 Å². The summed E-state index contributed by atoms with van der Waals surface area (Å²) >= 11 is 0. The molecule has 0 spiro atoms. The van der Waals surface area contributed by atoms with Crippen molar-refractivity contribution in [2.45, 2.75) is 45.1 Å². The summed E-state index contributed by atoms with van der Waals surface area (Å²) in [7, 11) is 0. The first-order valence-corrected chi connectivity index (χ1v) is 8.07. The summed E-state index contributed by atoms with van der Waals surface area (Å²) in [6, 6.07) is 17.8. The van der Waals surface area contributed by atoms with E-state index >= 15 is 0 Å². The van der Waals surface area contributed by atoms with Gasteiger partial charge in [0.25, 0.3) is 0 Å². The molecule has 2 aromatic carbocycles. The molecule has 2 atom stereocenters. The lowest BCUT2D eigenvalue weighted by Crippen LogP contribution is -2.18. The Labute approximate surface area is 128 Å². The van der Waals surface area contributed by atoms with Gasteiger partial charge in [-0.1, -0.05) is 62.4 Å². The van der Waals surface area contributed by atoms with E-state index in [9.17, 15) is 0 Å². The highest BCUT2D eigenvalue weighted by molar-refractivity contribution is 5.38. The molecule has 2 aromatic rings. The number of aryl methyl sites for hydroxylation is 1. The van der Waals surface area contributed by atoms with Gasteiger partial charge in [0, 0.05) is 12.0 Å². The second-order valence-corrected chi connectivity index (χ2v) is 6.71. The van der Waals surface area contributed by atoms with E-state index in [0.29, 0.717) is 11.8 Å². The van der Waals surface area contributed by atoms with Crippen molar-refractivity contribution in [2.75, 3.05) is 0 Å². The summed E-state index contributed by atoms with van der Waals surface area (Å²) in [4.78, 5) is 0. The lowest BCUT2D eigenvalue weighted by Gasteiger charge is -2.21. The van der Waals surface area contributed by atoms with Crippen molar-refractivity contribution < 1.29 is 0 Å². The molecule has 0 radical (unpaired) electrons. The molecular weight excluding hydrogens is 254 g/mol. The SMILES string of the molecule is CC(C)Cc1cccc(C(N)C2CCc3ccccc32)c1. The first-order chi connectivity index (χ1) is 10.1. The molecule has 110 valence electrons. The van der Waals surface area contributed by atoms with Gasteiger partial charge < -0.3 is 5.73 Å². The summed E-state index contributed by atoms with van der Waals surface area (Å²) in [6.07, 6.45) is 3.47. The Morgan fingerprint density at radius 3 is 2.71 bits per heavy atom. The minimum atomic E-state index is 0.112. The molecule has 0 heterocycles. The Kier molecular flexibility index (Phi) is 4.12. The minimum absolute atomic E-state index is 0.112. The number of rotatable bonds is 4. The van der Waals surface area contributed by atoms with Crippen LogP contribution in [0.25, 0.3) is 0 Å². The predicted molar refractivity (Wildman–Crippen MR) is 89.4 cm³/mol. The number of hydrogen-bond acceptors (Lipinski definition) is 1. The van der Waals surface area contributed by atoms with Crippen molar-refractivity contribution >= 4 is 0 Å². The Balaban J connectivity index is 1.84. The van der Waals surface area contributed by atoms with Crippen LogP contribution in [-0.4, -0.2) is 0 Å². The van der Waals surface area contributed by atoms with Crippen LogP contribution in [0.4, 0.5) is 0 Å². The Bertz CT molecular complexity index is 615. The van der Waals surface area contributed by atoms with E-state index in [1.165, 1.54) is 35.1 Å². The molecule has 1 heteroatoms. The molecule has 0 fully saturated rings. The highest BCUT2D eigenvalue weighted by Crippen LogP contribution is 2.40. The zero-order valence-electron chi connectivity index (χ0n) is 13.0. The van der Waals surface area contributed by atoms with E-state index in [0.717, 1.165) is 6.42 Å². The van der Waals surface area contributed by atoms with E-state index in [-0.39, 0.29) is 6.04 Å². The van der Waals surface area contributed by atoms with Gasteiger partial charge in [0.05, 0.1) is 0 Å². The second-order valence-electron chi connectivity index (χ2n) is 6.71. The largest absolute Gasteiger partial charge is 0.323 e. The van der Waals surface area contributed by atoms with Crippen molar-refractivity contribution in [3.05, 3.63) is 70.8 Å². The van der Waals surface area contributed by atoms with Crippen molar-refractivity contribution in [1.82, 2.24) is 0 Å². The summed E-state index contributed by atoms with van der Waals surface area (Å²) in [5, 5.41) is 0. The summed E-state index contributed by atoms with van der Waals surface area (Å²) in [5.74, 6) is 1.15. The molecule has 21 heavy (non-hydrogen) atoms. The summed E-state index contributed by atoms with van der Waals surface area (Å²) in [5.41, 5.74) is 12.2. The molecule has 0 saturated heterocycles. The maximum absolute atomic E-state index is 6.61. The van der Waals surface area contributed by atoms with Crippen LogP contribution in [-0.2, 0) is 12.8 Å². The Morgan fingerprint density at radius 2 is 1.90 bits per heavy atom. The van der Waals surface area contributed by atoms with Crippen LogP contribution in [0.1, 0.15) is 54.5 Å². The van der Waals surface area contributed by atoms with Crippen LogP contribution >= 0.6 is 0 Å². The minimum Gasteiger partial charge on any atom is -0.323 e. The van der Waals surface area contributed by atoms with E-state index in [2.05, 4.69) is 62.4 Å². The van der Waals surface area contributed by atoms with Crippen LogP contribution in [0, 0.1) is 5.92 Å². The Morgan fingerprint density at radius 1 is 1.10 bits per heavy atom. The normalized spacial score (nSPS) is 18.8. The molecule has 0 aromatic heterocycles. The van der Waals surface area contributed by atoms with E-state index in [4.69, 9.17) is 5.73 Å². The molecule has 3 rings (SSSR count). The molecule has 1 nitrogen and oxygen atoms in total. The quantitative estimate of drug-likeness (QED) is 0.868. The van der Waals surface area contributed by atoms with Gasteiger partial charge in [-0.3, -0.25) is 0 Å². The van der Waals surface area contributed by atoms with Gasteiger partial charge in [0.1, 0.15) is 0 Å². The fourth-order valence-corrected chi connectivity index (χ4v) is 3.59. The second kappa shape index (κ2) is 6.03. The first-order valence-electron chi connectivity index (χ1n) is 8.07. The van der Waals surface area contributed by atoms with Crippen molar-refractivity contribution in [3.8, 4) is 0 Å². The predicted octanol–water partition coefficient (Wildman–Crippen LogP) is 4.61. The maximum atomic E-state index is 6.61. The van der Waals surface area contributed by atoms with Crippen LogP contribution in [0.5, 0.6) is 0 Å². The average molecular weight is 279 g/mol. The number of benzene rings is 2. The lowest BCUT2D eigenvalue weighted by atomic mass is 9.87. The molecule has 0 bridgehead atoms. The summed E-state index contributed by atoms with van der Waals surface area (Å²) in [6.45, 7) is 4.53. The van der Waals surface area contributed by atoms with E-state index in [1.54, 1.807) is 0 Å². The van der Waals surface area contributed by atoms with Gasteiger partial charge >= 0.3 is 0 Å². The van der Waals surface area contributed by atoms with E-state index < -0.39 is 0 Å². The van der Waals surface area contributed by atoms with Gasteiger partial charge in [-0.25, -0.2) is 0 Å². The maximum Gasteiger partial charge on any atom is 0.0364 e. The van der Waals surface area contributed by atoms with Crippen LogP contribution in [0.15, 0.2) is 48.5 Å². The van der Waals surface area contributed by atoms with Crippen LogP contribution in [0.2, 0.25) is 0 Å². The van der Waals surface area contributed by atoms with Gasteiger partial charge in [-0.2, -0.15) is 0 Å². The average Bonchev–Trinajstić information content (AvgIpc) is 2.90. The third kappa shape index (κ3) is 3.03. The van der Waals surface area contributed by atoms with Gasteiger partial charge in [0.2, 0.25) is 0 Å². The van der Waals surface area contributed by atoms with Crippen LogP contribution in [0.3, 0.4) is 0 Å².